The number of hydrogen-bond donors (Lipinski definition) is 2. The van der Waals surface area contributed by atoms with Gasteiger partial charge in [0.2, 0.25) is 5.91 Å². The van der Waals surface area contributed by atoms with E-state index in [4.69, 9.17) is 5.73 Å². The molecule has 3 aromatic carbocycles. The van der Waals surface area contributed by atoms with Crippen LogP contribution in [0.1, 0.15) is 40.5 Å². The molecule has 7 nitrogen and oxygen atoms in total. The second-order valence-electron chi connectivity index (χ2n) is 9.26. The van der Waals surface area contributed by atoms with E-state index in [0.29, 0.717) is 54.1 Å². The fraction of sp³-hybridized carbons (Fsp3) is 0.276. The van der Waals surface area contributed by atoms with E-state index in [2.05, 4.69) is 10.2 Å². The smallest absolute Gasteiger partial charge is 0.260 e. The van der Waals surface area contributed by atoms with Gasteiger partial charge in [-0.25, -0.2) is 4.39 Å². The Morgan fingerprint density at radius 1 is 1.00 bits per heavy atom. The Morgan fingerprint density at radius 2 is 1.70 bits per heavy atom. The number of anilines is 3. The van der Waals surface area contributed by atoms with Crippen molar-refractivity contribution < 1.29 is 18.8 Å². The van der Waals surface area contributed by atoms with Crippen LogP contribution in [0.3, 0.4) is 0 Å². The molecule has 1 aliphatic rings. The lowest BCUT2D eigenvalue weighted by Gasteiger charge is -2.33. The van der Waals surface area contributed by atoms with E-state index in [0.717, 1.165) is 13.1 Å². The summed E-state index contributed by atoms with van der Waals surface area (Å²) in [6.45, 7) is 3.90. The summed E-state index contributed by atoms with van der Waals surface area (Å²) in [6.07, 6.45) is 1.40. The summed E-state index contributed by atoms with van der Waals surface area (Å²) < 4.78 is 13.2. The zero-order valence-corrected chi connectivity index (χ0v) is 20.8. The van der Waals surface area contributed by atoms with Crippen LogP contribution in [0.25, 0.3) is 0 Å². The number of nitrogen functional groups attached to an aromatic ring is 1. The van der Waals surface area contributed by atoms with Crippen molar-refractivity contribution in [2.24, 2.45) is 5.92 Å². The predicted molar refractivity (Wildman–Crippen MR) is 143 cm³/mol. The lowest BCUT2D eigenvalue weighted by molar-refractivity contribution is -0.114. The lowest BCUT2D eigenvalue weighted by atomic mass is 9.89. The van der Waals surface area contributed by atoms with Gasteiger partial charge < -0.3 is 20.9 Å². The van der Waals surface area contributed by atoms with Crippen molar-refractivity contribution in [2.45, 2.75) is 19.8 Å². The van der Waals surface area contributed by atoms with E-state index in [-0.39, 0.29) is 29.3 Å². The molecule has 0 saturated carbocycles. The Morgan fingerprint density at radius 3 is 2.38 bits per heavy atom. The first-order chi connectivity index (χ1) is 17.8. The average molecular weight is 503 g/mol. The molecule has 0 unspecified atom stereocenters. The largest absolute Gasteiger partial charge is 0.398 e. The number of nitrogens with one attached hydrogen (secondary N) is 1. The topological polar surface area (TPSA) is 95.7 Å². The average Bonchev–Trinajstić information content (AvgIpc) is 2.89. The van der Waals surface area contributed by atoms with Crippen LogP contribution in [-0.2, 0) is 4.79 Å². The van der Waals surface area contributed by atoms with Crippen molar-refractivity contribution in [3.8, 4) is 0 Å². The number of Topliss-reactive ketones (excluding diaryl/α,β-unsaturated/α-hetero) is 1. The van der Waals surface area contributed by atoms with Gasteiger partial charge in [-0.15, -0.1) is 0 Å². The first-order valence-corrected chi connectivity index (χ1v) is 12.4. The van der Waals surface area contributed by atoms with Crippen molar-refractivity contribution >= 4 is 34.7 Å². The number of carbonyl (C=O) groups excluding carboxylic acids is 3. The van der Waals surface area contributed by atoms with E-state index in [1.807, 2.05) is 6.07 Å². The lowest BCUT2D eigenvalue weighted by Crippen LogP contribution is -2.43. The van der Waals surface area contributed by atoms with Gasteiger partial charge in [0.25, 0.3) is 5.91 Å². The maximum Gasteiger partial charge on any atom is 0.260 e. The molecule has 1 fully saturated rings. The third-order valence-electron chi connectivity index (χ3n) is 6.64. The number of benzene rings is 3. The van der Waals surface area contributed by atoms with Gasteiger partial charge in [0.05, 0.1) is 5.56 Å². The first kappa shape index (κ1) is 26.0. The zero-order chi connectivity index (χ0) is 26.4. The quantitative estimate of drug-likeness (QED) is 0.347. The SMILES string of the molecule is CC(=O)Nc1cccc(N(CCN2CCC(C(=O)c3ccc(F)cc3)CC2)C(=O)c2ccccc2N)c1. The molecule has 0 aliphatic carbocycles. The number of amides is 2. The first-order valence-electron chi connectivity index (χ1n) is 12.4. The normalized spacial score (nSPS) is 14.2. The molecule has 3 aromatic rings. The molecule has 8 heteroatoms. The number of likely N-dealkylation sites (tertiary alicyclic amines) is 1. The number of rotatable bonds is 8. The third-order valence-corrected chi connectivity index (χ3v) is 6.64. The van der Waals surface area contributed by atoms with Crippen LogP contribution in [0.15, 0.2) is 72.8 Å². The van der Waals surface area contributed by atoms with Gasteiger partial charge in [-0.1, -0.05) is 18.2 Å². The molecule has 0 radical (unpaired) electrons. The highest BCUT2D eigenvalue weighted by Gasteiger charge is 2.27. The van der Waals surface area contributed by atoms with Gasteiger partial charge in [-0.05, 0) is 80.5 Å². The van der Waals surface area contributed by atoms with E-state index in [9.17, 15) is 18.8 Å². The fourth-order valence-corrected chi connectivity index (χ4v) is 4.65. The Labute approximate surface area is 216 Å². The standard InChI is InChI=1S/C29H31FN4O3/c1-20(35)32-24-5-4-6-25(19-24)34(29(37)26-7-2-3-8-27(26)31)18-17-33-15-13-22(14-16-33)28(36)21-9-11-23(30)12-10-21/h2-12,19,22H,13-18,31H2,1H3,(H,32,35). The number of para-hydroxylation sites is 1. The highest BCUT2D eigenvalue weighted by molar-refractivity contribution is 6.09. The second-order valence-corrected chi connectivity index (χ2v) is 9.26. The molecule has 0 aromatic heterocycles. The molecule has 1 aliphatic heterocycles. The molecule has 2 amide bonds. The number of nitrogens with zero attached hydrogens (tertiary/aromatic N) is 2. The Balaban J connectivity index is 1.45. The van der Waals surface area contributed by atoms with Crippen LogP contribution in [0.2, 0.25) is 0 Å². The number of carbonyl (C=O) groups is 3. The summed E-state index contributed by atoms with van der Waals surface area (Å²) in [5.74, 6) is -0.825. The van der Waals surface area contributed by atoms with Crippen LogP contribution < -0.4 is 16.0 Å². The minimum Gasteiger partial charge on any atom is -0.398 e. The third kappa shape index (κ3) is 6.59. The summed E-state index contributed by atoms with van der Waals surface area (Å²) >= 11 is 0. The summed E-state index contributed by atoms with van der Waals surface area (Å²) in [7, 11) is 0. The van der Waals surface area contributed by atoms with Crippen LogP contribution in [0.4, 0.5) is 21.5 Å². The van der Waals surface area contributed by atoms with Gasteiger partial charge in [-0.2, -0.15) is 0 Å². The Hall–Kier alpha value is -4.04. The van der Waals surface area contributed by atoms with Gasteiger partial charge in [0.15, 0.2) is 5.78 Å². The minimum absolute atomic E-state index is 0.0470. The van der Waals surface area contributed by atoms with Crippen LogP contribution >= 0.6 is 0 Å². The van der Waals surface area contributed by atoms with Crippen LogP contribution in [0, 0.1) is 11.7 Å². The van der Waals surface area contributed by atoms with Gasteiger partial charge >= 0.3 is 0 Å². The zero-order valence-electron chi connectivity index (χ0n) is 20.8. The van der Waals surface area contributed by atoms with Crippen molar-refractivity contribution in [3.63, 3.8) is 0 Å². The number of piperidine rings is 1. The molecular weight excluding hydrogens is 471 g/mol. The predicted octanol–water partition coefficient (Wildman–Crippen LogP) is 4.61. The Kier molecular flexibility index (Phi) is 8.30. The molecule has 0 bridgehead atoms. The van der Waals surface area contributed by atoms with Gasteiger partial charge in [-0.3, -0.25) is 14.4 Å². The molecule has 1 heterocycles. The molecule has 1 saturated heterocycles. The number of halogens is 1. The van der Waals surface area contributed by atoms with Crippen LogP contribution in [0.5, 0.6) is 0 Å². The maximum absolute atomic E-state index is 13.6. The van der Waals surface area contributed by atoms with E-state index < -0.39 is 0 Å². The highest BCUT2D eigenvalue weighted by Crippen LogP contribution is 2.25. The molecule has 37 heavy (non-hydrogen) atoms. The monoisotopic (exact) mass is 502 g/mol. The van der Waals surface area contributed by atoms with Crippen molar-refractivity contribution in [3.05, 3.63) is 89.7 Å². The van der Waals surface area contributed by atoms with E-state index in [1.54, 1.807) is 47.4 Å². The van der Waals surface area contributed by atoms with E-state index in [1.165, 1.54) is 31.2 Å². The highest BCUT2D eigenvalue weighted by atomic mass is 19.1. The van der Waals surface area contributed by atoms with E-state index >= 15 is 0 Å². The van der Waals surface area contributed by atoms with Crippen molar-refractivity contribution in [1.29, 1.82) is 0 Å². The summed E-state index contributed by atoms with van der Waals surface area (Å²) in [6, 6.07) is 19.8. The summed E-state index contributed by atoms with van der Waals surface area (Å²) in [5, 5.41) is 2.76. The number of hydrogen-bond acceptors (Lipinski definition) is 5. The van der Waals surface area contributed by atoms with Gasteiger partial charge in [0, 0.05) is 48.6 Å². The minimum atomic E-state index is -0.356. The van der Waals surface area contributed by atoms with Crippen LogP contribution in [-0.4, -0.2) is 48.7 Å². The molecule has 192 valence electrons. The molecular formula is C29H31FN4O3. The molecule has 0 atom stereocenters. The number of nitrogens with two attached hydrogens (primary N) is 1. The molecule has 0 spiro atoms. The summed E-state index contributed by atoms with van der Waals surface area (Å²) in [5.41, 5.74) is 8.71. The Bertz CT molecular complexity index is 1270. The van der Waals surface area contributed by atoms with Gasteiger partial charge in [0.1, 0.15) is 5.82 Å². The molecule has 4 rings (SSSR count). The second kappa shape index (κ2) is 11.8. The fourth-order valence-electron chi connectivity index (χ4n) is 4.65. The molecule has 3 N–H and O–H groups in total. The van der Waals surface area contributed by atoms with Crippen molar-refractivity contribution in [2.75, 3.05) is 42.1 Å². The van der Waals surface area contributed by atoms with Crippen molar-refractivity contribution in [1.82, 2.24) is 4.90 Å². The number of ketones is 1. The maximum atomic E-state index is 13.6. The summed E-state index contributed by atoms with van der Waals surface area (Å²) in [4.78, 5) is 41.8.